The van der Waals surface area contributed by atoms with E-state index in [0.29, 0.717) is 6.54 Å². The summed E-state index contributed by atoms with van der Waals surface area (Å²) in [5, 5.41) is 1.14. The van der Waals surface area contributed by atoms with Crippen molar-refractivity contribution in [3.05, 3.63) is 58.7 Å². The van der Waals surface area contributed by atoms with Crippen molar-refractivity contribution in [2.45, 2.75) is 39.3 Å². The van der Waals surface area contributed by atoms with Crippen molar-refractivity contribution in [2.75, 3.05) is 6.54 Å². The molecule has 0 saturated heterocycles. The van der Waals surface area contributed by atoms with Crippen LogP contribution in [0, 0.1) is 13.8 Å². The summed E-state index contributed by atoms with van der Waals surface area (Å²) in [7, 11) is 0. The van der Waals surface area contributed by atoms with Crippen LogP contribution < -0.4 is 5.73 Å². The van der Waals surface area contributed by atoms with Crippen LogP contribution in [0.3, 0.4) is 0 Å². The Kier molecular flexibility index (Phi) is 5.10. The lowest BCUT2D eigenvalue weighted by atomic mass is 9.98. The van der Waals surface area contributed by atoms with E-state index in [4.69, 9.17) is 5.73 Å². The molecule has 3 rings (SSSR count). The molecule has 0 saturated carbocycles. The van der Waals surface area contributed by atoms with Gasteiger partial charge in [-0.15, -0.1) is 0 Å². The number of unbranched alkanes of at least 4 members (excludes halogenated alkanes) is 1. The van der Waals surface area contributed by atoms with E-state index < -0.39 is 11.7 Å². The number of alkyl halides is 3. The van der Waals surface area contributed by atoms with Crippen molar-refractivity contribution in [2.24, 2.45) is 5.73 Å². The lowest BCUT2D eigenvalue weighted by molar-refractivity contribution is -0.137. The van der Waals surface area contributed by atoms with Crippen LogP contribution in [0.25, 0.3) is 22.2 Å². The fourth-order valence-corrected chi connectivity index (χ4v) is 3.34. The Hall–Kier alpha value is -2.27. The minimum Gasteiger partial charge on any atom is -0.354 e. The molecule has 0 radical (unpaired) electrons. The number of aromatic nitrogens is 1. The van der Waals surface area contributed by atoms with Gasteiger partial charge in [0.05, 0.1) is 5.56 Å². The first kappa shape index (κ1) is 18.5. The van der Waals surface area contributed by atoms with Gasteiger partial charge >= 0.3 is 6.18 Å². The van der Waals surface area contributed by atoms with Crippen LogP contribution >= 0.6 is 0 Å². The Labute approximate surface area is 151 Å². The molecule has 0 bridgehead atoms. The molecule has 0 unspecified atom stereocenters. The molecule has 0 aliphatic heterocycles. The Balaban J connectivity index is 2.11. The van der Waals surface area contributed by atoms with Gasteiger partial charge in [0.25, 0.3) is 0 Å². The summed E-state index contributed by atoms with van der Waals surface area (Å²) < 4.78 is 38.6. The van der Waals surface area contributed by atoms with Crippen LogP contribution in [0.1, 0.15) is 35.1 Å². The second-order valence-corrected chi connectivity index (χ2v) is 6.73. The van der Waals surface area contributed by atoms with E-state index in [0.717, 1.165) is 59.1 Å². The van der Waals surface area contributed by atoms with Gasteiger partial charge in [0.1, 0.15) is 0 Å². The number of H-pyrrole nitrogens is 1. The summed E-state index contributed by atoms with van der Waals surface area (Å²) in [6.45, 7) is 4.76. The van der Waals surface area contributed by atoms with Gasteiger partial charge in [-0.25, -0.2) is 0 Å². The summed E-state index contributed by atoms with van der Waals surface area (Å²) in [6.07, 6.45) is -1.61. The number of hydrogen-bond donors (Lipinski definition) is 2. The topological polar surface area (TPSA) is 41.8 Å². The quantitative estimate of drug-likeness (QED) is 0.559. The maximum atomic E-state index is 12.9. The number of hydrogen-bond acceptors (Lipinski definition) is 1. The first-order chi connectivity index (χ1) is 12.3. The second kappa shape index (κ2) is 7.16. The molecule has 0 spiro atoms. The van der Waals surface area contributed by atoms with E-state index in [2.05, 4.69) is 31.0 Å². The normalized spacial score (nSPS) is 12.1. The SMILES string of the molecule is Cc1ccc2c(CCCCN)c(-c3ccc(C(F)(F)F)cc3)[nH]c2c1C. The summed E-state index contributed by atoms with van der Waals surface area (Å²) in [4.78, 5) is 3.46. The molecule has 0 aliphatic rings. The maximum Gasteiger partial charge on any atom is 0.416 e. The molecule has 1 aromatic heterocycles. The van der Waals surface area contributed by atoms with E-state index in [1.54, 1.807) is 12.1 Å². The average molecular weight is 360 g/mol. The van der Waals surface area contributed by atoms with Gasteiger partial charge in [-0.3, -0.25) is 0 Å². The van der Waals surface area contributed by atoms with E-state index in [1.807, 2.05) is 0 Å². The number of aryl methyl sites for hydroxylation is 3. The van der Waals surface area contributed by atoms with Crippen molar-refractivity contribution < 1.29 is 13.2 Å². The van der Waals surface area contributed by atoms with Gasteiger partial charge in [-0.2, -0.15) is 13.2 Å². The average Bonchev–Trinajstić information content (AvgIpc) is 2.97. The smallest absolute Gasteiger partial charge is 0.354 e. The third-order valence-electron chi connectivity index (χ3n) is 4.99. The van der Waals surface area contributed by atoms with Gasteiger partial charge in [-0.1, -0.05) is 24.3 Å². The van der Waals surface area contributed by atoms with Crippen molar-refractivity contribution in [1.29, 1.82) is 0 Å². The van der Waals surface area contributed by atoms with Gasteiger partial charge in [-0.05, 0) is 74.0 Å². The zero-order valence-corrected chi connectivity index (χ0v) is 15.0. The van der Waals surface area contributed by atoms with Crippen LogP contribution in [0.4, 0.5) is 13.2 Å². The van der Waals surface area contributed by atoms with E-state index >= 15 is 0 Å². The fourth-order valence-electron chi connectivity index (χ4n) is 3.34. The highest BCUT2D eigenvalue weighted by molar-refractivity contribution is 5.93. The summed E-state index contributed by atoms with van der Waals surface area (Å²) >= 11 is 0. The number of halogens is 3. The van der Waals surface area contributed by atoms with Gasteiger partial charge < -0.3 is 10.7 Å². The molecular formula is C21H23F3N2. The number of aromatic amines is 1. The van der Waals surface area contributed by atoms with E-state index in [-0.39, 0.29) is 0 Å². The van der Waals surface area contributed by atoms with Crippen molar-refractivity contribution >= 4 is 10.9 Å². The number of benzene rings is 2. The Morgan fingerprint density at radius 3 is 2.27 bits per heavy atom. The predicted molar refractivity (Wildman–Crippen MR) is 100 cm³/mol. The molecule has 2 aromatic carbocycles. The summed E-state index contributed by atoms with van der Waals surface area (Å²) in [5.41, 5.74) is 11.2. The van der Waals surface area contributed by atoms with Gasteiger partial charge in [0, 0.05) is 16.6 Å². The number of fused-ring (bicyclic) bond motifs is 1. The molecule has 0 fully saturated rings. The summed E-state index contributed by atoms with van der Waals surface area (Å²) in [6, 6.07) is 9.56. The van der Waals surface area contributed by atoms with E-state index in [1.165, 1.54) is 11.1 Å². The molecule has 0 aliphatic carbocycles. The molecule has 26 heavy (non-hydrogen) atoms. The van der Waals surface area contributed by atoms with Gasteiger partial charge in [0.2, 0.25) is 0 Å². The maximum absolute atomic E-state index is 12.9. The first-order valence-corrected chi connectivity index (χ1v) is 8.81. The third kappa shape index (κ3) is 3.49. The molecule has 5 heteroatoms. The molecule has 1 heterocycles. The number of rotatable bonds is 5. The predicted octanol–water partition coefficient (Wildman–Crippen LogP) is 5.75. The van der Waals surface area contributed by atoms with Crippen molar-refractivity contribution in [1.82, 2.24) is 4.98 Å². The Bertz CT molecular complexity index is 906. The highest BCUT2D eigenvalue weighted by Crippen LogP contribution is 2.36. The molecular weight excluding hydrogens is 337 g/mol. The van der Waals surface area contributed by atoms with Crippen molar-refractivity contribution in [3.8, 4) is 11.3 Å². The lowest BCUT2D eigenvalue weighted by Gasteiger charge is -2.09. The monoisotopic (exact) mass is 360 g/mol. The molecule has 138 valence electrons. The first-order valence-electron chi connectivity index (χ1n) is 8.81. The zero-order valence-electron chi connectivity index (χ0n) is 15.0. The standard InChI is InChI=1S/C21H23F3N2/c1-13-6-11-18-17(5-3-4-12-25)20(26-19(18)14(13)2)15-7-9-16(10-8-15)21(22,23)24/h6-11,26H,3-5,12,25H2,1-2H3. The highest BCUT2D eigenvalue weighted by atomic mass is 19.4. The molecule has 0 atom stereocenters. The Morgan fingerprint density at radius 1 is 0.962 bits per heavy atom. The van der Waals surface area contributed by atoms with Crippen LogP contribution in [0.15, 0.2) is 36.4 Å². The fraction of sp³-hybridized carbons (Fsp3) is 0.333. The van der Waals surface area contributed by atoms with Crippen LogP contribution in [0.5, 0.6) is 0 Å². The number of nitrogens with one attached hydrogen (secondary N) is 1. The molecule has 2 nitrogen and oxygen atoms in total. The minimum atomic E-state index is -4.32. The lowest BCUT2D eigenvalue weighted by Crippen LogP contribution is -2.04. The number of nitrogens with two attached hydrogens (primary N) is 1. The molecule has 3 aromatic rings. The zero-order chi connectivity index (χ0) is 18.9. The second-order valence-electron chi connectivity index (χ2n) is 6.73. The van der Waals surface area contributed by atoms with E-state index in [9.17, 15) is 13.2 Å². The van der Waals surface area contributed by atoms with Crippen LogP contribution in [0.2, 0.25) is 0 Å². The van der Waals surface area contributed by atoms with Crippen LogP contribution in [-0.4, -0.2) is 11.5 Å². The Morgan fingerprint density at radius 2 is 1.65 bits per heavy atom. The van der Waals surface area contributed by atoms with Crippen molar-refractivity contribution in [3.63, 3.8) is 0 Å². The molecule has 3 N–H and O–H groups in total. The minimum absolute atomic E-state index is 0.630. The van der Waals surface area contributed by atoms with Gasteiger partial charge in [0.15, 0.2) is 0 Å². The largest absolute Gasteiger partial charge is 0.416 e. The van der Waals surface area contributed by atoms with Crippen LogP contribution in [-0.2, 0) is 12.6 Å². The summed E-state index contributed by atoms with van der Waals surface area (Å²) in [5.74, 6) is 0. The third-order valence-corrected chi connectivity index (χ3v) is 4.99. The molecule has 0 amide bonds. The highest BCUT2D eigenvalue weighted by Gasteiger charge is 2.30.